The van der Waals surface area contributed by atoms with E-state index in [2.05, 4.69) is 25.6 Å². The van der Waals surface area contributed by atoms with Crippen LogP contribution >= 0.6 is 38.6 Å². The summed E-state index contributed by atoms with van der Waals surface area (Å²) in [5, 5.41) is 2.50. The van der Waals surface area contributed by atoms with Gasteiger partial charge in [0.05, 0.1) is 6.04 Å². The van der Waals surface area contributed by atoms with Crippen molar-refractivity contribution in [2.45, 2.75) is 24.1 Å². The Balaban J connectivity index is 2.21. The summed E-state index contributed by atoms with van der Waals surface area (Å²) in [5.41, 5.74) is 0. The second-order valence-electron chi connectivity index (χ2n) is 3.71. The summed E-state index contributed by atoms with van der Waals surface area (Å²) in [4.78, 5) is 5.25. The molecule has 0 spiro atoms. The van der Waals surface area contributed by atoms with Crippen molar-refractivity contribution in [2.24, 2.45) is 0 Å². The molecule has 98 valence electrons. The minimum atomic E-state index is -3.50. The van der Waals surface area contributed by atoms with Gasteiger partial charge in [-0.15, -0.1) is 22.7 Å². The molecule has 2 heterocycles. The molecule has 0 aromatic carbocycles. The maximum absolute atomic E-state index is 12.2. The molecule has 0 fully saturated rings. The number of thiophene rings is 1. The van der Waals surface area contributed by atoms with E-state index in [1.165, 1.54) is 22.7 Å². The highest BCUT2D eigenvalue weighted by Crippen LogP contribution is 2.29. The van der Waals surface area contributed by atoms with Gasteiger partial charge in [0.25, 0.3) is 10.0 Å². The van der Waals surface area contributed by atoms with Crippen molar-refractivity contribution in [1.29, 1.82) is 0 Å². The number of aryl methyl sites for hydroxylation is 1. The quantitative estimate of drug-likeness (QED) is 0.902. The first-order chi connectivity index (χ1) is 8.40. The van der Waals surface area contributed by atoms with Gasteiger partial charge in [0.2, 0.25) is 0 Å². The summed E-state index contributed by atoms with van der Waals surface area (Å²) in [6.07, 6.45) is 1.74. The zero-order valence-electron chi connectivity index (χ0n) is 9.68. The minimum absolute atomic E-state index is 0.294. The fraction of sp³-hybridized carbons (Fsp3) is 0.300. The lowest BCUT2D eigenvalue weighted by atomic mass is 10.4. The van der Waals surface area contributed by atoms with Gasteiger partial charge in [0.15, 0.2) is 0 Å². The van der Waals surface area contributed by atoms with E-state index in [4.69, 9.17) is 0 Å². The highest BCUT2D eigenvalue weighted by molar-refractivity contribution is 9.10. The van der Waals surface area contributed by atoms with Crippen LogP contribution in [0, 0.1) is 6.92 Å². The first kappa shape index (κ1) is 14.1. The maximum atomic E-state index is 12.2. The number of thiazole rings is 1. The predicted octanol–water partition coefficient (Wildman–Crippen LogP) is 3.32. The maximum Gasteiger partial charge on any atom is 0.251 e. The Kier molecular flexibility index (Phi) is 4.22. The molecule has 1 unspecified atom stereocenters. The normalized spacial score (nSPS) is 13.7. The zero-order valence-corrected chi connectivity index (χ0v) is 13.7. The van der Waals surface area contributed by atoms with Crippen LogP contribution in [-0.4, -0.2) is 13.4 Å². The van der Waals surface area contributed by atoms with Crippen LogP contribution in [0.25, 0.3) is 0 Å². The third kappa shape index (κ3) is 3.00. The van der Waals surface area contributed by atoms with E-state index in [-0.39, 0.29) is 6.04 Å². The fourth-order valence-electron chi connectivity index (χ4n) is 1.38. The number of aromatic nitrogens is 1. The van der Waals surface area contributed by atoms with Gasteiger partial charge >= 0.3 is 0 Å². The molecule has 0 aliphatic heterocycles. The largest absolute Gasteiger partial charge is 0.251 e. The first-order valence-corrected chi connectivity index (χ1v) is 9.05. The monoisotopic (exact) mass is 366 g/mol. The van der Waals surface area contributed by atoms with Crippen LogP contribution in [0.1, 0.15) is 22.9 Å². The van der Waals surface area contributed by atoms with Crippen molar-refractivity contribution < 1.29 is 8.42 Å². The lowest BCUT2D eigenvalue weighted by molar-refractivity contribution is 0.568. The Morgan fingerprint density at radius 1 is 1.50 bits per heavy atom. The summed E-state index contributed by atoms with van der Waals surface area (Å²) in [5.74, 6) is 0. The summed E-state index contributed by atoms with van der Waals surface area (Å²) in [7, 11) is -3.50. The third-order valence-corrected chi connectivity index (χ3v) is 7.48. The molecule has 1 N–H and O–H groups in total. The van der Waals surface area contributed by atoms with Crippen LogP contribution < -0.4 is 4.72 Å². The SMILES string of the molecule is Cc1cnc(C(C)NS(=O)(=O)c2sccc2Br)s1. The van der Waals surface area contributed by atoms with Crippen LogP contribution in [0.2, 0.25) is 0 Å². The van der Waals surface area contributed by atoms with Gasteiger partial charge in [0.1, 0.15) is 9.22 Å². The highest BCUT2D eigenvalue weighted by Gasteiger charge is 2.23. The molecule has 0 saturated carbocycles. The van der Waals surface area contributed by atoms with Crippen LogP contribution in [0.5, 0.6) is 0 Å². The molecule has 8 heteroatoms. The zero-order chi connectivity index (χ0) is 13.3. The number of halogens is 1. The van der Waals surface area contributed by atoms with E-state index in [9.17, 15) is 8.42 Å². The molecule has 0 radical (unpaired) electrons. The Hall–Kier alpha value is -0.280. The molecule has 0 saturated heterocycles. The van der Waals surface area contributed by atoms with Crippen LogP contribution in [0.4, 0.5) is 0 Å². The molecule has 1 atom stereocenters. The molecule has 2 aromatic rings. The van der Waals surface area contributed by atoms with Crippen molar-refractivity contribution >= 4 is 48.6 Å². The molecule has 4 nitrogen and oxygen atoms in total. The Bertz CT molecular complexity index is 648. The number of hydrogen-bond donors (Lipinski definition) is 1. The highest BCUT2D eigenvalue weighted by atomic mass is 79.9. The van der Waals surface area contributed by atoms with Crippen molar-refractivity contribution in [3.8, 4) is 0 Å². The number of nitrogens with zero attached hydrogens (tertiary/aromatic N) is 1. The lowest BCUT2D eigenvalue weighted by Crippen LogP contribution is -2.26. The first-order valence-electron chi connectivity index (χ1n) is 5.08. The minimum Gasteiger partial charge on any atom is -0.248 e. The van der Waals surface area contributed by atoms with Crippen molar-refractivity contribution in [1.82, 2.24) is 9.71 Å². The van der Waals surface area contributed by atoms with Gasteiger partial charge in [-0.1, -0.05) is 0 Å². The van der Waals surface area contributed by atoms with Gasteiger partial charge in [-0.25, -0.2) is 18.1 Å². The van der Waals surface area contributed by atoms with Gasteiger partial charge in [0, 0.05) is 15.5 Å². The molecule has 0 aliphatic carbocycles. The van der Waals surface area contributed by atoms with Gasteiger partial charge in [-0.05, 0) is 41.2 Å². The van der Waals surface area contributed by atoms with E-state index in [0.29, 0.717) is 8.68 Å². The average molecular weight is 367 g/mol. The van der Waals surface area contributed by atoms with E-state index < -0.39 is 10.0 Å². The Morgan fingerprint density at radius 3 is 2.72 bits per heavy atom. The molecule has 0 bridgehead atoms. The Labute approximate surface area is 122 Å². The third-order valence-electron chi connectivity index (χ3n) is 2.17. The summed E-state index contributed by atoms with van der Waals surface area (Å²) in [6.45, 7) is 3.73. The summed E-state index contributed by atoms with van der Waals surface area (Å²) >= 11 is 5.91. The van der Waals surface area contributed by atoms with E-state index in [1.54, 1.807) is 24.6 Å². The van der Waals surface area contributed by atoms with Crippen LogP contribution in [0.15, 0.2) is 26.3 Å². The fourth-order valence-corrected chi connectivity index (χ4v) is 5.79. The molecule has 2 rings (SSSR count). The topological polar surface area (TPSA) is 59.1 Å². The van der Waals surface area contributed by atoms with Crippen molar-refractivity contribution in [3.63, 3.8) is 0 Å². The van der Waals surface area contributed by atoms with Crippen LogP contribution in [-0.2, 0) is 10.0 Å². The predicted molar refractivity (Wildman–Crippen MR) is 77.6 cm³/mol. The summed E-state index contributed by atoms with van der Waals surface area (Å²) < 4.78 is 27.8. The number of sulfonamides is 1. The Morgan fingerprint density at radius 2 is 2.22 bits per heavy atom. The number of rotatable bonds is 4. The average Bonchev–Trinajstić information content (AvgIpc) is 2.86. The van der Waals surface area contributed by atoms with E-state index in [1.807, 2.05) is 6.92 Å². The molecule has 18 heavy (non-hydrogen) atoms. The standard InChI is InChI=1S/C10H11BrN2O2S3/c1-6-5-12-9(17-6)7(2)13-18(14,15)10-8(11)3-4-16-10/h3-5,7,13H,1-2H3. The van der Waals surface area contributed by atoms with Gasteiger partial charge in [-0.2, -0.15) is 0 Å². The smallest absolute Gasteiger partial charge is 0.248 e. The van der Waals surface area contributed by atoms with E-state index >= 15 is 0 Å². The second-order valence-corrected chi connectivity index (χ2v) is 8.65. The van der Waals surface area contributed by atoms with Gasteiger partial charge in [-0.3, -0.25) is 0 Å². The molecular formula is C10H11BrN2O2S3. The molecule has 2 aromatic heterocycles. The molecular weight excluding hydrogens is 356 g/mol. The molecule has 0 amide bonds. The lowest BCUT2D eigenvalue weighted by Gasteiger charge is -2.10. The second kappa shape index (κ2) is 5.38. The summed E-state index contributed by atoms with van der Waals surface area (Å²) in [6, 6.07) is 1.39. The van der Waals surface area contributed by atoms with Crippen LogP contribution in [0.3, 0.4) is 0 Å². The van der Waals surface area contributed by atoms with Gasteiger partial charge < -0.3 is 0 Å². The number of nitrogens with one attached hydrogen (secondary N) is 1. The van der Waals surface area contributed by atoms with Crippen molar-refractivity contribution in [2.75, 3.05) is 0 Å². The van der Waals surface area contributed by atoms with E-state index in [0.717, 1.165) is 9.88 Å². The van der Waals surface area contributed by atoms with Crippen molar-refractivity contribution in [3.05, 3.63) is 32.0 Å². The molecule has 0 aliphatic rings. The number of hydrogen-bond acceptors (Lipinski definition) is 5.